The van der Waals surface area contributed by atoms with Crippen LogP contribution in [0.15, 0.2) is 48.7 Å². The van der Waals surface area contributed by atoms with Gasteiger partial charge >= 0.3 is 0 Å². The third-order valence-electron chi connectivity index (χ3n) is 7.03. The van der Waals surface area contributed by atoms with Crippen LogP contribution < -0.4 is 10.1 Å². The number of aromatic amines is 1. The Morgan fingerprint density at radius 3 is 2.66 bits per heavy atom. The zero-order chi connectivity index (χ0) is 22.1. The molecule has 0 radical (unpaired) electrons. The number of nitrogens with zero attached hydrogens (tertiary/aromatic N) is 2. The summed E-state index contributed by atoms with van der Waals surface area (Å²) in [4.78, 5) is 29.0. The van der Waals surface area contributed by atoms with Gasteiger partial charge in [0.2, 0.25) is 11.8 Å². The normalized spacial score (nSPS) is 19.9. The first-order valence-corrected chi connectivity index (χ1v) is 11.3. The number of rotatable bonds is 5. The van der Waals surface area contributed by atoms with Crippen LogP contribution in [0.4, 0.5) is 5.69 Å². The van der Waals surface area contributed by atoms with Gasteiger partial charge in [0.05, 0.1) is 24.2 Å². The predicted molar refractivity (Wildman–Crippen MR) is 123 cm³/mol. The van der Waals surface area contributed by atoms with E-state index in [9.17, 15) is 9.59 Å². The zero-order valence-electron chi connectivity index (χ0n) is 18.3. The highest BCUT2D eigenvalue weighted by atomic mass is 16.5. The number of methoxy groups -OCH3 is 1. The van der Waals surface area contributed by atoms with Crippen molar-refractivity contribution >= 4 is 28.4 Å². The molecule has 1 aromatic heterocycles. The van der Waals surface area contributed by atoms with Crippen molar-refractivity contribution in [2.24, 2.45) is 0 Å². The maximum atomic E-state index is 13.9. The number of hydrogen-bond donors (Lipinski definition) is 2. The average Bonchev–Trinajstić information content (AvgIpc) is 3.59. The fourth-order valence-corrected chi connectivity index (χ4v) is 5.32. The molecule has 2 N–H and O–H groups in total. The first-order chi connectivity index (χ1) is 15.6. The van der Waals surface area contributed by atoms with Crippen LogP contribution in [0.5, 0.6) is 5.75 Å². The molecule has 1 saturated carbocycles. The summed E-state index contributed by atoms with van der Waals surface area (Å²) in [6, 6.07) is 13.1. The summed E-state index contributed by atoms with van der Waals surface area (Å²) in [6.45, 7) is 0.621. The van der Waals surface area contributed by atoms with Crippen LogP contribution in [0.2, 0.25) is 0 Å². The van der Waals surface area contributed by atoms with E-state index in [2.05, 4.69) is 15.5 Å². The van der Waals surface area contributed by atoms with E-state index in [1.807, 2.05) is 47.4 Å². The van der Waals surface area contributed by atoms with Crippen LogP contribution in [0, 0.1) is 0 Å². The third-order valence-corrected chi connectivity index (χ3v) is 7.03. The molecule has 1 atom stereocenters. The number of benzene rings is 2. The molecule has 0 spiro atoms. The summed E-state index contributed by atoms with van der Waals surface area (Å²) in [5.74, 6) is 0.743. The Labute approximate surface area is 187 Å². The molecule has 2 heterocycles. The number of aromatic nitrogens is 2. The molecule has 2 amide bonds. The molecule has 1 saturated heterocycles. The monoisotopic (exact) mass is 432 g/mol. The number of fused-ring (bicyclic) bond motifs is 1. The molecule has 32 heavy (non-hydrogen) atoms. The lowest BCUT2D eigenvalue weighted by atomic mass is 9.77. The number of nitrogens with one attached hydrogen (secondary N) is 2. The van der Waals surface area contributed by atoms with Gasteiger partial charge in [-0.05, 0) is 61.6 Å². The lowest BCUT2D eigenvalue weighted by molar-refractivity contribution is -0.141. The van der Waals surface area contributed by atoms with Crippen LogP contribution in [0.25, 0.3) is 10.9 Å². The van der Waals surface area contributed by atoms with Gasteiger partial charge in [-0.15, -0.1) is 0 Å². The Balaban J connectivity index is 1.38. The maximum absolute atomic E-state index is 13.9. The highest BCUT2D eigenvalue weighted by Crippen LogP contribution is 2.44. The average molecular weight is 433 g/mol. The van der Waals surface area contributed by atoms with Gasteiger partial charge in [-0.3, -0.25) is 14.7 Å². The molecule has 166 valence electrons. The second kappa shape index (κ2) is 8.30. The number of likely N-dealkylation sites (tertiary alicyclic amines) is 1. The molecule has 7 nitrogen and oxygen atoms in total. The van der Waals surface area contributed by atoms with Crippen molar-refractivity contribution in [1.82, 2.24) is 15.1 Å². The first kappa shape index (κ1) is 20.5. The van der Waals surface area contributed by atoms with Gasteiger partial charge in [0.1, 0.15) is 11.8 Å². The molecule has 2 fully saturated rings. The van der Waals surface area contributed by atoms with E-state index in [0.717, 1.165) is 54.3 Å². The minimum Gasteiger partial charge on any atom is -0.497 e. The van der Waals surface area contributed by atoms with E-state index in [1.165, 1.54) is 0 Å². The van der Waals surface area contributed by atoms with Gasteiger partial charge in [-0.1, -0.05) is 25.0 Å². The van der Waals surface area contributed by atoms with Gasteiger partial charge in [-0.2, -0.15) is 5.10 Å². The van der Waals surface area contributed by atoms with Crippen molar-refractivity contribution in [3.05, 3.63) is 54.2 Å². The Morgan fingerprint density at radius 2 is 1.91 bits per heavy atom. The van der Waals surface area contributed by atoms with Crippen molar-refractivity contribution < 1.29 is 14.3 Å². The van der Waals surface area contributed by atoms with Gasteiger partial charge in [0.25, 0.3) is 0 Å². The fourth-order valence-electron chi connectivity index (χ4n) is 5.32. The molecule has 0 unspecified atom stereocenters. The van der Waals surface area contributed by atoms with Crippen molar-refractivity contribution in [2.75, 3.05) is 19.0 Å². The summed E-state index contributed by atoms with van der Waals surface area (Å²) in [7, 11) is 1.64. The number of carbonyl (C=O) groups excluding carboxylic acids is 2. The first-order valence-electron chi connectivity index (χ1n) is 11.3. The number of H-pyrrole nitrogens is 1. The van der Waals surface area contributed by atoms with Crippen molar-refractivity contribution in [2.45, 2.75) is 50.0 Å². The zero-order valence-corrected chi connectivity index (χ0v) is 18.3. The van der Waals surface area contributed by atoms with E-state index in [1.54, 1.807) is 13.3 Å². The summed E-state index contributed by atoms with van der Waals surface area (Å²) < 4.78 is 5.30. The second-order valence-corrected chi connectivity index (χ2v) is 8.84. The summed E-state index contributed by atoms with van der Waals surface area (Å²) in [5.41, 5.74) is 2.11. The van der Waals surface area contributed by atoms with Crippen LogP contribution in [-0.4, -0.2) is 46.6 Å². The van der Waals surface area contributed by atoms with E-state index in [4.69, 9.17) is 4.74 Å². The lowest BCUT2D eigenvalue weighted by Gasteiger charge is -2.35. The standard InChI is InChI=1S/C25H28N4O3/c1-32-20-9-6-18(7-10-20)25(12-2-3-13-25)24(31)29-14-4-5-22(29)23(30)27-19-8-11-21-17(15-19)16-26-28-21/h6-11,15-16,22H,2-5,12-14H2,1H3,(H,26,28)(H,27,30)/t22-/m1/s1. The van der Waals surface area contributed by atoms with Crippen LogP contribution in [0.3, 0.4) is 0 Å². The topological polar surface area (TPSA) is 87.3 Å². The van der Waals surface area contributed by atoms with E-state index < -0.39 is 11.5 Å². The van der Waals surface area contributed by atoms with E-state index in [0.29, 0.717) is 18.7 Å². The Kier molecular flexibility index (Phi) is 5.33. The van der Waals surface area contributed by atoms with Crippen molar-refractivity contribution in [1.29, 1.82) is 0 Å². The molecule has 5 rings (SSSR count). The molecule has 2 aliphatic rings. The van der Waals surface area contributed by atoms with Crippen molar-refractivity contribution in [3.63, 3.8) is 0 Å². The number of amides is 2. The lowest BCUT2D eigenvalue weighted by Crippen LogP contribution is -2.51. The van der Waals surface area contributed by atoms with Gasteiger partial charge < -0.3 is 15.0 Å². The number of anilines is 1. The number of ether oxygens (including phenoxy) is 1. The predicted octanol–water partition coefficient (Wildman–Crippen LogP) is 4.01. The molecule has 2 aromatic carbocycles. The largest absolute Gasteiger partial charge is 0.497 e. The van der Waals surface area contributed by atoms with Crippen LogP contribution >= 0.6 is 0 Å². The molecule has 1 aliphatic carbocycles. The molecule has 3 aromatic rings. The Bertz CT molecular complexity index is 1130. The smallest absolute Gasteiger partial charge is 0.247 e. The number of carbonyl (C=O) groups is 2. The third kappa shape index (κ3) is 3.51. The Hall–Kier alpha value is -3.35. The molecular weight excluding hydrogens is 404 g/mol. The molecule has 0 bridgehead atoms. The van der Waals surface area contributed by atoms with Gasteiger partial charge in [0, 0.05) is 17.6 Å². The second-order valence-electron chi connectivity index (χ2n) is 8.84. The maximum Gasteiger partial charge on any atom is 0.247 e. The van der Waals surface area contributed by atoms with Crippen LogP contribution in [0.1, 0.15) is 44.1 Å². The van der Waals surface area contributed by atoms with E-state index in [-0.39, 0.29) is 11.8 Å². The highest BCUT2D eigenvalue weighted by molar-refractivity contribution is 6.00. The summed E-state index contributed by atoms with van der Waals surface area (Å²) in [6.07, 6.45) is 6.93. The number of hydrogen-bond acceptors (Lipinski definition) is 4. The SMILES string of the molecule is COc1ccc(C2(C(=O)N3CCC[C@@H]3C(=O)Nc3ccc4[nH]ncc4c3)CCCC2)cc1. The Morgan fingerprint density at radius 1 is 1.12 bits per heavy atom. The molecular formula is C25H28N4O3. The highest BCUT2D eigenvalue weighted by Gasteiger charge is 2.48. The summed E-state index contributed by atoms with van der Waals surface area (Å²) >= 11 is 0. The summed E-state index contributed by atoms with van der Waals surface area (Å²) in [5, 5.41) is 10.9. The van der Waals surface area contributed by atoms with Gasteiger partial charge in [0.15, 0.2) is 0 Å². The van der Waals surface area contributed by atoms with Crippen molar-refractivity contribution in [3.8, 4) is 5.75 Å². The fraction of sp³-hybridized carbons (Fsp3) is 0.400. The quantitative estimate of drug-likeness (QED) is 0.638. The molecule has 1 aliphatic heterocycles. The molecule has 7 heteroatoms. The minimum absolute atomic E-state index is 0.0862. The minimum atomic E-state index is -0.551. The van der Waals surface area contributed by atoms with Gasteiger partial charge in [-0.25, -0.2) is 0 Å². The van der Waals surface area contributed by atoms with E-state index >= 15 is 0 Å². The van der Waals surface area contributed by atoms with Crippen LogP contribution in [-0.2, 0) is 15.0 Å².